The largest absolute Gasteiger partial charge is 0.491 e. The molecule has 58 heavy (non-hydrogen) atoms. The molecule has 0 radical (unpaired) electrons. The molecule has 3 heterocycles. The second-order valence-electron chi connectivity index (χ2n) is 16.6. The van der Waals surface area contributed by atoms with Crippen LogP contribution in [0.4, 0.5) is 4.79 Å². The van der Waals surface area contributed by atoms with Gasteiger partial charge < -0.3 is 44.7 Å². The minimum absolute atomic E-state index is 0.0639. The van der Waals surface area contributed by atoms with E-state index in [-0.39, 0.29) is 30.9 Å². The standard InChI is InChI=1S/C42H58ClN5O10/c1-2-55-36-23-35(30-10-11-34(37(43)38(30)46-36)56-17-14-47-12-15-54-16-13-47)57-29-22-33(39(44)49)48(24-29)40(50)32(45-42(53)58-28-19-26-18-27(26)20-28)9-7-5-3-4-6-8-25-21-31(25)41(51)52/h10-11,23,25-29,31-33H,2-9,12-22,24H2,1H3,(H2,44,49)(H,45,53)(H,51,52)/t25-,26-,27+,28+,29?,31+,32?,33+/m1/s1. The fourth-order valence-corrected chi connectivity index (χ4v) is 9.26. The SMILES string of the molecule is CCOc1cc(OC2C[C@@H](C(N)=O)N(C(=O)C(CCCCCCC[C@@H]3C[C@@H]3C(=O)O)NC(=O)O[C@@H]3C[C@@H]4C[C@@H]4C3)C2)c2ccc(OCCN3CCOCC3)c(Cl)c2n1. The van der Waals surface area contributed by atoms with E-state index in [1.165, 1.54) is 11.3 Å². The van der Waals surface area contributed by atoms with E-state index in [0.29, 0.717) is 84.4 Å². The maximum atomic E-state index is 14.3. The van der Waals surface area contributed by atoms with Crippen molar-refractivity contribution in [2.75, 3.05) is 52.6 Å². The molecule has 1 aromatic heterocycles. The lowest BCUT2D eigenvalue weighted by atomic mass is 10.0. The molecule has 16 heteroatoms. The smallest absolute Gasteiger partial charge is 0.408 e. The average Bonchev–Trinajstić information content (AvgIpc) is 4.06. The number of fused-ring (bicyclic) bond motifs is 2. The number of carbonyl (C=O) groups is 4. The van der Waals surface area contributed by atoms with Crippen LogP contribution in [0.1, 0.15) is 84.0 Å². The highest BCUT2D eigenvalue weighted by molar-refractivity contribution is 6.36. The number of amides is 3. The first-order valence-electron chi connectivity index (χ1n) is 21.2. The Morgan fingerprint density at radius 1 is 0.983 bits per heavy atom. The first-order valence-corrected chi connectivity index (χ1v) is 21.6. The number of morpholine rings is 1. The number of nitrogens with zero attached hydrogens (tertiary/aromatic N) is 3. The molecule has 2 unspecified atom stereocenters. The zero-order valence-electron chi connectivity index (χ0n) is 33.4. The Kier molecular flexibility index (Phi) is 14.0. The summed E-state index contributed by atoms with van der Waals surface area (Å²) in [7, 11) is 0. The van der Waals surface area contributed by atoms with Gasteiger partial charge in [0, 0.05) is 37.5 Å². The van der Waals surface area contributed by atoms with Gasteiger partial charge in [0.15, 0.2) is 0 Å². The molecule has 4 N–H and O–H groups in total. The molecule has 5 aliphatic rings. The molecular weight excluding hydrogens is 770 g/mol. The Bertz CT molecular complexity index is 1780. The number of primary amides is 1. The van der Waals surface area contributed by atoms with Crippen molar-refractivity contribution in [1.29, 1.82) is 0 Å². The number of pyridine rings is 1. The Morgan fingerprint density at radius 3 is 2.47 bits per heavy atom. The van der Waals surface area contributed by atoms with Crippen LogP contribution in [0.15, 0.2) is 18.2 Å². The molecule has 1 aromatic carbocycles. The number of carboxylic acids is 1. The first-order chi connectivity index (χ1) is 28.1. The van der Waals surface area contributed by atoms with Gasteiger partial charge in [0.2, 0.25) is 17.7 Å². The highest BCUT2D eigenvalue weighted by Gasteiger charge is 2.48. The molecule has 2 aliphatic heterocycles. The van der Waals surface area contributed by atoms with E-state index in [9.17, 15) is 19.2 Å². The summed E-state index contributed by atoms with van der Waals surface area (Å²) in [6.45, 7) is 6.53. The molecule has 2 saturated heterocycles. The summed E-state index contributed by atoms with van der Waals surface area (Å²) < 4.78 is 29.6. The van der Waals surface area contributed by atoms with Crippen molar-refractivity contribution in [3.63, 3.8) is 0 Å². The molecule has 15 nitrogen and oxygen atoms in total. The Labute approximate surface area is 344 Å². The molecule has 0 bridgehead atoms. The highest BCUT2D eigenvalue weighted by atomic mass is 35.5. The Balaban J connectivity index is 1.00. The molecule has 3 amide bonds. The van der Waals surface area contributed by atoms with Crippen LogP contribution in [0.3, 0.4) is 0 Å². The number of likely N-dealkylation sites (tertiary alicyclic amines) is 1. The van der Waals surface area contributed by atoms with Crippen molar-refractivity contribution >= 4 is 46.4 Å². The van der Waals surface area contributed by atoms with Gasteiger partial charge in [-0.1, -0.05) is 43.7 Å². The zero-order chi connectivity index (χ0) is 40.8. The number of aliphatic carboxylic acids is 1. The number of nitrogens with two attached hydrogens (primary N) is 1. The minimum Gasteiger partial charge on any atom is -0.491 e. The van der Waals surface area contributed by atoms with Crippen LogP contribution in [0.2, 0.25) is 5.02 Å². The quantitative estimate of drug-likeness (QED) is 0.140. The van der Waals surface area contributed by atoms with E-state index < -0.39 is 42.1 Å². The lowest BCUT2D eigenvalue weighted by Crippen LogP contribution is -2.53. The third kappa shape index (κ3) is 10.7. The second-order valence-corrected chi connectivity index (χ2v) is 17.0. The predicted octanol–water partition coefficient (Wildman–Crippen LogP) is 5.18. The second kappa shape index (κ2) is 19.3. The van der Waals surface area contributed by atoms with Gasteiger partial charge in [-0.2, -0.15) is 0 Å². The van der Waals surface area contributed by atoms with E-state index in [4.69, 9.17) is 46.1 Å². The van der Waals surface area contributed by atoms with E-state index in [1.54, 1.807) is 12.1 Å². The van der Waals surface area contributed by atoms with Gasteiger partial charge >= 0.3 is 12.1 Å². The highest BCUT2D eigenvalue weighted by Crippen LogP contribution is 2.52. The zero-order valence-corrected chi connectivity index (χ0v) is 34.2. The number of aromatic nitrogens is 1. The molecule has 7 rings (SSSR count). The summed E-state index contributed by atoms with van der Waals surface area (Å²) >= 11 is 6.89. The topological polar surface area (TPSA) is 192 Å². The monoisotopic (exact) mass is 827 g/mol. The van der Waals surface area contributed by atoms with Crippen molar-refractivity contribution < 1.29 is 48.0 Å². The number of alkyl carbamates (subject to hydrolysis) is 1. The molecule has 3 saturated carbocycles. The van der Waals surface area contributed by atoms with Crippen LogP contribution in [-0.2, 0) is 23.9 Å². The molecular formula is C42H58ClN5O10. The molecule has 8 atom stereocenters. The van der Waals surface area contributed by atoms with Gasteiger partial charge in [0.25, 0.3) is 0 Å². The van der Waals surface area contributed by atoms with Crippen LogP contribution in [0.5, 0.6) is 17.4 Å². The van der Waals surface area contributed by atoms with E-state index in [0.717, 1.165) is 71.0 Å². The van der Waals surface area contributed by atoms with Crippen molar-refractivity contribution in [3.05, 3.63) is 23.2 Å². The lowest BCUT2D eigenvalue weighted by Gasteiger charge is -2.28. The third-order valence-electron chi connectivity index (χ3n) is 12.4. The van der Waals surface area contributed by atoms with Gasteiger partial charge in [-0.3, -0.25) is 19.3 Å². The Morgan fingerprint density at radius 2 is 1.74 bits per heavy atom. The number of ether oxygens (including phenoxy) is 5. The third-order valence-corrected chi connectivity index (χ3v) is 12.8. The Hall–Kier alpha value is -4.08. The number of carboxylic acid groups (broad SMARTS) is 1. The van der Waals surface area contributed by atoms with Crippen LogP contribution in [0, 0.1) is 23.7 Å². The van der Waals surface area contributed by atoms with Crippen LogP contribution < -0.4 is 25.3 Å². The van der Waals surface area contributed by atoms with Crippen molar-refractivity contribution in [2.45, 2.75) is 108 Å². The van der Waals surface area contributed by atoms with Crippen molar-refractivity contribution in [2.24, 2.45) is 29.4 Å². The number of halogens is 1. The molecule has 318 valence electrons. The van der Waals surface area contributed by atoms with E-state index in [1.807, 2.05) is 13.0 Å². The summed E-state index contributed by atoms with van der Waals surface area (Å²) in [5.74, 6) is 0.782. The van der Waals surface area contributed by atoms with Gasteiger partial charge in [0.1, 0.15) is 52.9 Å². The number of benzene rings is 1. The van der Waals surface area contributed by atoms with Crippen LogP contribution >= 0.6 is 11.6 Å². The lowest BCUT2D eigenvalue weighted by molar-refractivity contribution is -0.139. The molecule has 3 aliphatic carbocycles. The molecule has 0 spiro atoms. The number of hydrogen-bond donors (Lipinski definition) is 3. The number of nitrogens with one attached hydrogen (secondary N) is 1. The summed E-state index contributed by atoms with van der Waals surface area (Å²) in [4.78, 5) is 59.9. The summed E-state index contributed by atoms with van der Waals surface area (Å²) in [6.07, 6.45) is 8.07. The van der Waals surface area contributed by atoms with Gasteiger partial charge in [-0.25, -0.2) is 9.78 Å². The maximum absolute atomic E-state index is 14.3. The molecule has 5 fully saturated rings. The summed E-state index contributed by atoms with van der Waals surface area (Å²) in [5, 5.41) is 12.9. The number of carbonyl (C=O) groups excluding carboxylic acids is 3. The normalized spacial score (nSPS) is 26.8. The van der Waals surface area contributed by atoms with Gasteiger partial charge in [0.05, 0.1) is 32.3 Å². The number of hydrogen-bond acceptors (Lipinski definition) is 11. The number of rotatable bonds is 21. The summed E-state index contributed by atoms with van der Waals surface area (Å²) in [6, 6.07) is 3.41. The fourth-order valence-electron chi connectivity index (χ4n) is 9.00. The summed E-state index contributed by atoms with van der Waals surface area (Å²) in [5.41, 5.74) is 6.34. The number of unbranched alkanes of at least 4 members (excludes halogenated alkanes) is 4. The minimum atomic E-state index is -0.952. The van der Waals surface area contributed by atoms with Crippen molar-refractivity contribution in [1.82, 2.24) is 20.1 Å². The van der Waals surface area contributed by atoms with Crippen LogP contribution in [-0.4, -0.2) is 121 Å². The van der Waals surface area contributed by atoms with E-state index >= 15 is 0 Å². The maximum Gasteiger partial charge on any atom is 0.408 e. The molecule has 2 aromatic rings. The van der Waals surface area contributed by atoms with Crippen molar-refractivity contribution in [3.8, 4) is 17.4 Å². The average molecular weight is 828 g/mol. The van der Waals surface area contributed by atoms with Gasteiger partial charge in [-0.05, 0) is 75.3 Å². The predicted molar refractivity (Wildman–Crippen MR) is 214 cm³/mol. The van der Waals surface area contributed by atoms with Gasteiger partial charge in [-0.15, -0.1) is 0 Å². The fraction of sp³-hybridized carbons (Fsp3) is 0.690. The van der Waals surface area contributed by atoms with E-state index in [2.05, 4.69) is 15.2 Å². The first kappa shape index (κ1) is 42.1. The van der Waals surface area contributed by atoms with Crippen LogP contribution in [0.25, 0.3) is 10.9 Å².